The first-order valence-corrected chi connectivity index (χ1v) is 5.07. The van der Waals surface area contributed by atoms with Crippen molar-refractivity contribution in [3.05, 3.63) is 18.6 Å². The van der Waals surface area contributed by atoms with Crippen LogP contribution in [-0.4, -0.2) is 28.4 Å². The van der Waals surface area contributed by atoms with Gasteiger partial charge in [0.15, 0.2) is 0 Å². The van der Waals surface area contributed by atoms with E-state index in [0.717, 1.165) is 24.2 Å². The molecule has 0 N–H and O–H groups in total. The van der Waals surface area contributed by atoms with Gasteiger partial charge in [0, 0.05) is 24.6 Å². The zero-order valence-corrected chi connectivity index (χ0v) is 8.66. The SMILES string of the molecule is CCN(CCBr)c1ccncn1. The highest BCUT2D eigenvalue weighted by Gasteiger charge is 2.02. The Morgan fingerprint density at radius 1 is 1.58 bits per heavy atom. The lowest BCUT2D eigenvalue weighted by molar-refractivity contribution is 0.849. The molecule has 0 radical (unpaired) electrons. The van der Waals surface area contributed by atoms with Gasteiger partial charge in [0.25, 0.3) is 0 Å². The second-order valence-corrected chi connectivity index (χ2v) is 3.13. The van der Waals surface area contributed by atoms with Crippen molar-refractivity contribution < 1.29 is 0 Å². The second-order valence-electron chi connectivity index (χ2n) is 2.34. The van der Waals surface area contributed by atoms with Crippen LogP contribution in [0.1, 0.15) is 6.92 Å². The fourth-order valence-corrected chi connectivity index (χ4v) is 1.44. The summed E-state index contributed by atoms with van der Waals surface area (Å²) in [6.45, 7) is 4.07. The van der Waals surface area contributed by atoms with E-state index >= 15 is 0 Å². The predicted octanol–water partition coefficient (Wildman–Crippen LogP) is 1.70. The van der Waals surface area contributed by atoms with E-state index in [4.69, 9.17) is 0 Å². The molecule has 0 unspecified atom stereocenters. The van der Waals surface area contributed by atoms with Crippen LogP contribution >= 0.6 is 15.9 Å². The Morgan fingerprint density at radius 3 is 2.92 bits per heavy atom. The fraction of sp³-hybridized carbons (Fsp3) is 0.500. The predicted molar refractivity (Wildman–Crippen MR) is 53.7 cm³/mol. The minimum absolute atomic E-state index is 0.963. The first-order valence-electron chi connectivity index (χ1n) is 3.95. The van der Waals surface area contributed by atoms with Gasteiger partial charge < -0.3 is 4.90 Å². The van der Waals surface area contributed by atoms with E-state index in [0.29, 0.717) is 0 Å². The average molecular weight is 230 g/mol. The third kappa shape index (κ3) is 2.44. The maximum Gasteiger partial charge on any atom is 0.131 e. The molecule has 0 saturated heterocycles. The third-order valence-corrected chi connectivity index (χ3v) is 1.98. The molecule has 66 valence electrons. The summed E-state index contributed by atoms with van der Waals surface area (Å²) in [5.41, 5.74) is 0. The van der Waals surface area contributed by atoms with E-state index in [-0.39, 0.29) is 0 Å². The van der Waals surface area contributed by atoms with Crippen LogP contribution in [0.25, 0.3) is 0 Å². The Balaban J connectivity index is 2.66. The molecule has 0 aromatic carbocycles. The van der Waals surface area contributed by atoms with Crippen LogP contribution in [0, 0.1) is 0 Å². The monoisotopic (exact) mass is 229 g/mol. The lowest BCUT2D eigenvalue weighted by atomic mass is 10.4. The summed E-state index contributed by atoms with van der Waals surface area (Å²) in [4.78, 5) is 10.2. The number of anilines is 1. The van der Waals surface area contributed by atoms with E-state index < -0.39 is 0 Å². The molecule has 0 saturated carbocycles. The lowest BCUT2D eigenvalue weighted by Crippen LogP contribution is -2.25. The molecular formula is C8H12BrN3. The normalized spacial score (nSPS) is 9.83. The van der Waals surface area contributed by atoms with Crippen LogP contribution < -0.4 is 4.90 Å². The molecule has 0 fully saturated rings. The van der Waals surface area contributed by atoms with Crippen molar-refractivity contribution >= 4 is 21.7 Å². The summed E-state index contributed by atoms with van der Waals surface area (Å²) in [6, 6.07) is 1.92. The quantitative estimate of drug-likeness (QED) is 0.737. The molecule has 0 spiro atoms. The van der Waals surface area contributed by atoms with Gasteiger partial charge in [-0.25, -0.2) is 9.97 Å². The molecule has 1 heterocycles. The molecule has 0 atom stereocenters. The van der Waals surface area contributed by atoms with Crippen molar-refractivity contribution in [2.24, 2.45) is 0 Å². The lowest BCUT2D eigenvalue weighted by Gasteiger charge is -2.19. The number of halogens is 1. The summed E-state index contributed by atoms with van der Waals surface area (Å²) in [5.74, 6) is 0.993. The van der Waals surface area contributed by atoms with Crippen molar-refractivity contribution in [1.29, 1.82) is 0 Å². The zero-order chi connectivity index (χ0) is 8.81. The molecule has 1 rings (SSSR count). The number of aromatic nitrogens is 2. The van der Waals surface area contributed by atoms with E-state index in [2.05, 4.69) is 37.7 Å². The summed E-state index contributed by atoms with van der Waals surface area (Å²) >= 11 is 3.40. The van der Waals surface area contributed by atoms with Gasteiger partial charge in [0.05, 0.1) is 0 Å². The fourth-order valence-electron chi connectivity index (χ4n) is 1.01. The molecule has 1 aromatic rings. The van der Waals surface area contributed by atoms with Gasteiger partial charge in [0.1, 0.15) is 12.1 Å². The minimum atomic E-state index is 0.963. The molecule has 0 amide bonds. The largest absolute Gasteiger partial charge is 0.356 e. The topological polar surface area (TPSA) is 29.0 Å². The molecule has 12 heavy (non-hydrogen) atoms. The minimum Gasteiger partial charge on any atom is -0.356 e. The maximum atomic E-state index is 4.16. The van der Waals surface area contributed by atoms with Crippen LogP contribution in [0.3, 0.4) is 0 Å². The van der Waals surface area contributed by atoms with Gasteiger partial charge in [-0.1, -0.05) is 15.9 Å². The number of alkyl halides is 1. The summed E-state index contributed by atoms with van der Waals surface area (Å²) < 4.78 is 0. The van der Waals surface area contributed by atoms with Crippen molar-refractivity contribution in [3.8, 4) is 0 Å². The highest BCUT2D eigenvalue weighted by Crippen LogP contribution is 2.07. The number of hydrogen-bond donors (Lipinski definition) is 0. The Morgan fingerprint density at radius 2 is 2.42 bits per heavy atom. The standard InChI is InChI=1S/C8H12BrN3/c1-2-12(6-4-9)8-3-5-10-7-11-8/h3,5,7H,2,4,6H2,1H3. The number of hydrogen-bond acceptors (Lipinski definition) is 3. The van der Waals surface area contributed by atoms with E-state index in [1.807, 2.05) is 6.07 Å². The molecule has 0 aliphatic heterocycles. The van der Waals surface area contributed by atoms with Crippen LogP contribution in [0.15, 0.2) is 18.6 Å². The van der Waals surface area contributed by atoms with Gasteiger partial charge in [-0.05, 0) is 13.0 Å². The van der Waals surface area contributed by atoms with Gasteiger partial charge in [0.2, 0.25) is 0 Å². The number of rotatable bonds is 4. The third-order valence-electron chi connectivity index (χ3n) is 1.63. The van der Waals surface area contributed by atoms with Crippen LogP contribution in [0.4, 0.5) is 5.82 Å². The highest BCUT2D eigenvalue weighted by molar-refractivity contribution is 9.09. The van der Waals surface area contributed by atoms with E-state index in [1.54, 1.807) is 12.5 Å². The maximum absolute atomic E-state index is 4.16. The van der Waals surface area contributed by atoms with E-state index in [9.17, 15) is 0 Å². The van der Waals surface area contributed by atoms with Gasteiger partial charge in [-0.2, -0.15) is 0 Å². The van der Waals surface area contributed by atoms with Gasteiger partial charge in [-0.15, -0.1) is 0 Å². The molecular weight excluding hydrogens is 218 g/mol. The van der Waals surface area contributed by atoms with Crippen molar-refractivity contribution in [2.75, 3.05) is 23.3 Å². The van der Waals surface area contributed by atoms with E-state index in [1.165, 1.54) is 0 Å². The smallest absolute Gasteiger partial charge is 0.131 e. The van der Waals surface area contributed by atoms with Gasteiger partial charge in [-0.3, -0.25) is 0 Å². The van der Waals surface area contributed by atoms with Crippen LogP contribution in [-0.2, 0) is 0 Å². The highest BCUT2D eigenvalue weighted by atomic mass is 79.9. The summed E-state index contributed by atoms with van der Waals surface area (Å²) in [7, 11) is 0. The summed E-state index contributed by atoms with van der Waals surface area (Å²) in [5, 5.41) is 0.963. The average Bonchev–Trinajstić information content (AvgIpc) is 2.15. The first kappa shape index (κ1) is 9.45. The van der Waals surface area contributed by atoms with Crippen molar-refractivity contribution in [2.45, 2.75) is 6.92 Å². The molecule has 1 aromatic heterocycles. The molecule has 4 heteroatoms. The van der Waals surface area contributed by atoms with Crippen LogP contribution in [0.5, 0.6) is 0 Å². The number of nitrogens with zero attached hydrogens (tertiary/aromatic N) is 3. The Kier molecular flexibility index (Phi) is 4.00. The van der Waals surface area contributed by atoms with Crippen LogP contribution in [0.2, 0.25) is 0 Å². The van der Waals surface area contributed by atoms with Gasteiger partial charge >= 0.3 is 0 Å². The Hall–Kier alpha value is -0.640. The first-order chi connectivity index (χ1) is 5.88. The van der Waals surface area contributed by atoms with Crippen molar-refractivity contribution in [1.82, 2.24) is 9.97 Å². The second kappa shape index (κ2) is 5.09. The Labute approximate surface area is 81.0 Å². The Bertz CT molecular complexity index is 215. The molecule has 0 bridgehead atoms. The molecule has 3 nitrogen and oxygen atoms in total. The summed E-state index contributed by atoms with van der Waals surface area (Å²) in [6.07, 6.45) is 3.34. The molecule has 0 aliphatic rings. The molecule has 0 aliphatic carbocycles. The zero-order valence-electron chi connectivity index (χ0n) is 7.07. The van der Waals surface area contributed by atoms with Crippen molar-refractivity contribution in [3.63, 3.8) is 0 Å².